The van der Waals surface area contributed by atoms with Gasteiger partial charge in [-0.2, -0.15) is 13.2 Å². The van der Waals surface area contributed by atoms with E-state index >= 15 is 9.18 Å². The SMILES string of the molecule is [2H]c1c(C)c([2H])c2c(=O)c([2H])c(SC([2H])([2H])c3cccc(F)c3F)n(CC(=O)N(Cc3ccc(-c4ccc(C(F)(F)F)cc4)cc3)C3([2H])C([2H])([2H])C([2H])([2H])N(C([2H])([2H])C([2H])([2H])OC([2H])([2H])[2H])C([2H])([2H])C3([2H])[2H])c2c1[2H]. The maximum atomic E-state index is 15.5. The quantitative estimate of drug-likeness (QED) is 0.0939. The number of piperidine rings is 1. The van der Waals surface area contributed by atoms with E-state index in [-0.39, 0.29) is 38.9 Å². The molecule has 2 heterocycles. The Morgan fingerprint density at radius 1 is 1.06 bits per heavy atom. The molecule has 1 aromatic heterocycles. The molecule has 12 heteroatoms. The Bertz CT molecular complexity index is 3110. The van der Waals surface area contributed by atoms with Gasteiger partial charge in [0.25, 0.3) is 0 Å². The first-order valence-electron chi connectivity index (χ1n) is 26.2. The molecule has 278 valence electrons. The smallest absolute Gasteiger partial charge is 0.383 e. The molecular weight excluding hydrogens is 710 g/mol. The zero-order chi connectivity index (χ0) is 57.2. The van der Waals surface area contributed by atoms with Gasteiger partial charge in [0.2, 0.25) is 5.91 Å². The van der Waals surface area contributed by atoms with E-state index in [9.17, 15) is 29.2 Å². The van der Waals surface area contributed by atoms with Crippen LogP contribution in [0.3, 0.4) is 0 Å². The summed E-state index contributed by atoms with van der Waals surface area (Å²) in [5.74, 6) is -5.21. The Balaban J connectivity index is 1.65. The molecule has 0 unspecified atom stereocenters. The average Bonchev–Trinajstić information content (AvgIpc) is 3.27. The van der Waals surface area contributed by atoms with Crippen molar-refractivity contribution in [3.05, 3.63) is 135 Å². The largest absolute Gasteiger partial charge is 0.416 e. The Kier molecular flexibility index (Phi) is 6.03. The van der Waals surface area contributed by atoms with E-state index in [2.05, 4.69) is 4.74 Å². The molecule has 1 amide bonds. The maximum Gasteiger partial charge on any atom is 0.416 e. The van der Waals surface area contributed by atoms with E-state index in [0.29, 0.717) is 10.6 Å². The third-order valence-corrected chi connectivity index (χ3v) is 8.41. The molecule has 0 spiro atoms. The lowest BCUT2D eigenvalue weighted by Gasteiger charge is -2.39. The first-order chi connectivity index (χ1) is 33.9. The minimum absolute atomic E-state index is 0.139. The number of thioether (sulfide) groups is 1. The number of pyridine rings is 1. The van der Waals surface area contributed by atoms with Crippen LogP contribution >= 0.6 is 11.8 Å². The van der Waals surface area contributed by atoms with Gasteiger partial charge in [-0.15, -0.1) is 11.8 Å². The van der Waals surface area contributed by atoms with Crippen LogP contribution in [-0.4, -0.2) is 59.4 Å². The van der Waals surface area contributed by atoms with Crippen molar-refractivity contribution in [3.63, 3.8) is 0 Å². The summed E-state index contributed by atoms with van der Waals surface area (Å²) >= 11 is -0.257. The third-order valence-electron chi connectivity index (χ3n) is 7.57. The number of alkyl halides is 3. The molecule has 4 aromatic carbocycles. The maximum absolute atomic E-state index is 15.5. The zero-order valence-electron chi connectivity index (χ0n) is 49.1. The lowest BCUT2D eigenvalue weighted by atomic mass is 10.00. The van der Waals surface area contributed by atoms with Crippen LogP contribution in [-0.2, 0) is 34.5 Å². The van der Waals surface area contributed by atoms with Crippen LogP contribution in [0.4, 0.5) is 22.0 Å². The Hall–Kier alpha value is -4.52. The first-order valence-corrected chi connectivity index (χ1v) is 16.0. The van der Waals surface area contributed by atoms with E-state index in [1.807, 2.05) is 0 Å². The van der Waals surface area contributed by atoms with Gasteiger partial charge in [0.15, 0.2) is 17.1 Å². The Morgan fingerprint density at radius 3 is 2.43 bits per heavy atom. The first kappa shape index (κ1) is 19.2. The molecule has 6 rings (SSSR count). The second kappa shape index (κ2) is 16.7. The van der Waals surface area contributed by atoms with Gasteiger partial charge in [-0.1, -0.05) is 60.1 Å². The number of carbonyl (C=O) groups excluding carboxylic acids is 1. The fourth-order valence-electron chi connectivity index (χ4n) is 4.99. The van der Waals surface area contributed by atoms with Gasteiger partial charge in [-0.3, -0.25) is 9.59 Å². The molecule has 6 nitrogen and oxygen atoms in total. The highest BCUT2D eigenvalue weighted by molar-refractivity contribution is 7.98. The zero-order valence-corrected chi connectivity index (χ0v) is 27.9. The van der Waals surface area contributed by atoms with Crippen LogP contribution in [0.2, 0.25) is 0 Å². The molecule has 1 saturated heterocycles. The van der Waals surface area contributed by atoms with Gasteiger partial charge in [-0.05, 0) is 66.6 Å². The second-order valence-corrected chi connectivity index (χ2v) is 11.9. The Labute approximate surface area is 340 Å². The number of halogens is 5. The molecular formula is C41H40F5N3O3S. The molecule has 0 saturated carbocycles. The van der Waals surface area contributed by atoms with Crippen LogP contribution in [0.1, 0.15) is 65.2 Å². The number of benzene rings is 4. The normalized spacial score (nSPS) is 25.7. The van der Waals surface area contributed by atoms with E-state index < -0.39 is 156 Å². The van der Waals surface area contributed by atoms with Crippen LogP contribution in [0, 0.1) is 18.6 Å². The van der Waals surface area contributed by atoms with Gasteiger partial charge in [0, 0.05) is 78.2 Å². The Morgan fingerprint density at radius 2 is 1.75 bits per heavy atom. The van der Waals surface area contributed by atoms with Crippen molar-refractivity contribution >= 4 is 28.6 Å². The summed E-state index contributed by atoms with van der Waals surface area (Å²) in [5, 5.41) is -1.93. The number of methoxy groups -OCH3 is 1. The van der Waals surface area contributed by atoms with Crippen LogP contribution in [0.25, 0.3) is 22.0 Å². The predicted octanol–water partition coefficient (Wildman–Crippen LogP) is 8.71. The number of amides is 1. The number of rotatable bonds is 12. The third kappa shape index (κ3) is 9.17. The minimum Gasteiger partial charge on any atom is -0.383 e. The second-order valence-electron chi connectivity index (χ2n) is 11.1. The summed E-state index contributed by atoms with van der Waals surface area (Å²) in [5.41, 5.74) is -7.94. The molecule has 1 aliphatic heterocycles. The van der Waals surface area contributed by atoms with Crippen molar-refractivity contribution < 1.29 is 61.6 Å². The van der Waals surface area contributed by atoms with Crippen LogP contribution in [0.5, 0.6) is 0 Å². The lowest BCUT2D eigenvalue weighted by molar-refractivity contribution is -0.137. The van der Waals surface area contributed by atoms with Crippen molar-refractivity contribution in [2.75, 3.05) is 33.1 Å². The highest BCUT2D eigenvalue weighted by Gasteiger charge is 2.31. The van der Waals surface area contributed by atoms with Gasteiger partial charge < -0.3 is 19.1 Å². The summed E-state index contributed by atoms with van der Waals surface area (Å²) in [6, 6.07) is 2.21. The van der Waals surface area contributed by atoms with Crippen molar-refractivity contribution in [3.8, 4) is 11.1 Å². The fraction of sp³-hybridized carbons (Fsp3) is 0.317. The molecule has 0 radical (unpaired) electrons. The number of carbonyl (C=O) groups is 1. The van der Waals surface area contributed by atoms with E-state index in [1.54, 1.807) is 0 Å². The molecule has 5 aromatic rings. The topological polar surface area (TPSA) is 54.8 Å². The number of hydrogen-bond donors (Lipinski definition) is 0. The molecule has 0 bridgehead atoms. The number of aromatic nitrogens is 1. The van der Waals surface area contributed by atoms with Crippen molar-refractivity contribution in [2.24, 2.45) is 0 Å². The summed E-state index contributed by atoms with van der Waals surface area (Å²) < 4.78 is 266. The van der Waals surface area contributed by atoms with Gasteiger partial charge in [0.1, 0.15) is 6.54 Å². The number of ether oxygens (including phenoxy) is 1. The fourth-order valence-corrected chi connectivity index (χ4v) is 5.77. The van der Waals surface area contributed by atoms with Gasteiger partial charge in [-0.25, -0.2) is 8.78 Å². The summed E-state index contributed by atoms with van der Waals surface area (Å²) in [6.45, 7) is -20.0. The number of nitrogens with zero attached hydrogens (tertiary/aromatic N) is 3. The van der Waals surface area contributed by atoms with E-state index in [4.69, 9.17) is 23.3 Å². The highest BCUT2D eigenvalue weighted by Crippen LogP contribution is 2.32. The van der Waals surface area contributed by atoms with Crippen LogP contribution < -0.4 is 5.43 Å². The number of likely N-dealkylation sites (tertiary alicyclic amines) is 1. The molecule has 53 heavy (non-hydrogen) atoms. The van der Waals surface area contributed by atoms with Crippen molar-refractivity contribution in [1.29, 1.82) is 0 Å². The average molecular weight is 772 g/mol. The molecule has 0 aliphatic carbocycles. The van der Waals surface area contributed by atoms with E-state index in [0.717, 1.165) is 55.5 Å². The highest BCUT2D eigenvalue weighted by atomic mass is 32.2. The summed E-state index contributed by atoms with van der Waals surface area (Å²) in [7, 11) is -3.86. The summed E-state index contributed by atoms with van der Waals surface area (Å²) in [6.07, 6.45) is -13.9. The number of hydrogen-bond acceptors (Lipinski definition) is 5. The minimum atomic E-state index is -4.72. The lowest BCUT2D eigenvalue weighted by Crippen LogP contribution is -2.48. The van der Waals surface area contributed by atoms with Crippen molar-refractivity contribution in [1.82, 2.24) is 14.4 Å². The van der Waals surface area contributed by atoms with Gasteiger partial charge >= 0.3 is 6.18 Å². The molecule has 0 atom stereocenters. The summed E-state index contributed by atoms with van der Waals surface area (Å²) in [4.78, 5) is 28.3. The standard InChI is InChI=1S/C41H40F5N3O3S/c1-27-6-15-36-34(22-27)37(50)23-39(53-26-31-4-3-5-35(42)40(31)43)49(36)25-38(51)48(33-16-18-47(19-17-33)20-21-52-2)24-28-7-9-29(10-8-28)30-11-13-32(14-12-30)41(44,45)46/h3-15,22-23,33H,16-21,24-26H2,1-2H3/i2D3,6D,15D,16D2,17D2,18D2,19D2,20D2,21D2,22D,23D,26D2,33D. The number of fused-ring (bicyclic) bond motifs is 1. The molecule has 1 fully saturated rings. The van der Waals surface area contributed by atoms with Crippen molar-refractivity contribution in [2.45, 2.75) is 55.7 Å². The van der Waals surface area contributed by atoms with E-state index in [1.165, 1.54) is 12.1 Å². The van der Waals surface area contributed by atoms with Crippen LogP contribution in [0.15, 0.2) is 101 Å². The predicted molar refractivity (Wildman–Crippen MR) is 198 cm³/mol. The van der Waals surface area contributed by atoms with Gasteiger partial charge in [0.05, 0.1) is 36.4 Å². The molecule has 1 aliphatic rings. The molecule has 0 N–H and O–H groups in total. The monoisotopic (exact) mass is 771 g/mol.